The Morgan fingerprint density at radius 2 is 1.93 bits per heavy atom. The summed E-state index contributed by atoms with van der Waals surface area (Å²) in [6.45, 7) is 0. The highest BCUT2D eigenvalue weighted by molar-refractivity contribution is 5.76. The SMILES string of the molecule is c1ccc(-c2cncn3ccnc23)cc1. The summed E-state index contributed by atoms with van der Waals surface area (Å²) >= 11 is 0. The van der Waals surface area contributed by atoms with E-state index < -0.39 is 0 Å². The van der Waals surface area contributed by atoms with Gasteiger partial charge in [0, 0.05) is 24.2 Å². The Morgan fingerprint density at radius 3 is 2.80 bits per heavy atom. The Bertz CT molecular complexity index is 584. The summed E-state index contributed by atoms with van der Waals surface area (Å²) in [6, 6.07) is 10.2. The number of aromatic nitrogens is 3. The molecule has 0 aliphatic heterocycles. The Hall–Kier alpha value is -2.16. The van der Waals surface area contributed by atoms with E-state index >= 15 is 0 Å². The molecule has 3 heteroatoms. The molecule has 3 rings (SSSR count). The molecule has 1 aromatic carbocycles. The Balaban J connectivity index is 2.31. The van der Waals surface area contributed by atoms with Gasteiger partial charge in [-0.2, -0.15) is 0 Å². The number of benzene rings is 1. The van der Waals surface area contributed by atoms with Crippen LogP contribution < -0.4 is 0 Å². The van der Waals surface area contributed by atoms with Crippen LogP contribution in [0.4, 0.5) is 0 Å². The molecule has 0 N–H and O–H groups in total. The predicted molar refractivity (Wildman–Crippen MR) is 58.4 cm³/mol. The Kier molecular flexibility index (Phi) is 1.75. The lowest BCUT2D eigenvalue weighted by Crippen LogP contribution is -1.89. The third-order valence-corrected chi connectivity index (χ3v) is 2.39. The molecule has 0 saturated heterocycles. The molecule has 0 aliphatic rings. The molecule has 0 saturated carbocycles. The molecule has 2 aromatic heterocycles. The van der Waals surface area contributed by atoms with Gasteiger partial charge in [-0.1, -0.05) is 30.3 Å². The minimum atomic E-state index is 0.941. The van der Waals surface area contributed by atoms with Crippen LogP contribution in [0.5, 0.6) is 0 Å². The molecule has 2 heterocycles. The second-order valence-corrected chi connectivity index (χ2v) is 3.33. The first-order chi connectivity index (χ1) is 7.45. The van der Waals surface area contributed by atoms with E-state index in [0.717, 1.165) is 16.8 Å². The molecule has 0 fully saturated rings. The summed E-state index contributed by atoms with van der Waals surface area (Å²) in [5.41, 5.74) is 3.14. The van der Waals surface area contributed by atoms with Gasteiger partial charge in [0.15, 0.2) is 0 Å². The van der Waals surface area contributed by atoms with Crippen molar-refractivity contribution in [2.24, 2.45) is 0 Å². The molecule has 3 aromatic rings. The number of rotatable bonds is 1. The van der Waals surface area contributed by atoms with Crippen molar-refractivity contribution >= 4 is 5.65 Å². The number of hydrogen-bond donors (Lipinski definition) is 0. The maximum Gasteiger partial charge on any atom is 0.147 e. The van der Waals surface area contributed by atoms with Crippen molar-refractivity contribution in [2.75, 3.05) is 0 Å². The van der Waals surface area contributed by atoms with E-state index in [4.69, 9.17) is 0 Å². The highest BCUT2D eigenvalue weighted by Gasteiger charge is 2.04. The molecule has 0 atom stereocenters. The van der Waals surface area contributed by atoms with Crippen LogP contribution in [0, 0.1) is 0 Å². The van der Waals surface area contributed by atoms with Crippen molar-refractivity contribution in [3.05, 3.63) is 55.2 Å². The molecule has 15 heavy (non-hydrogen) atoms. The zero-order valence-electron chi connectivity index (χ0n) is 8.04. The smallest absolute Gasteiger partial charge is 0.147 e. The molecule has 0 aliphatic carbocycles. The first kappa shape index (κ1) is 8.17. The van der Waals surface area contributed by atoms with Crippen LogP contribution in [-0.4, -0.2) is 14.4 Å². The van der Waals surface area contributed by atoms with Crippen molar-refractivity contribution in [3.63, 3.8) is 0 Å². The molecule has 3 nitrogen and oxygen atoms in total. The van der Waals surface area contributed by atoms with Gasteiger partial charge < -0.3 is 0 Å². The lowest BCUT2D eigenvalue weighted by Gasteiger charge is -2.02. The number of fused-ring (bicyclic) bond motifs is 1. The van der Waals surface area contributed by atoms with Gasteiger partial charge in [-0.25, -0.2) is 9.97 Å². The molecule has 0 amide bonds. The van der Waals surface area contributed by atoms with Gasteiger partial charge in [0.2, 0.25) is 0 Å². The van der Waals surface area contributed by atoms with Gasteiger partial charge in [0.1, 0.15) is 12.0 Å². The second kappa shape index (κ2) is 3.20. The number of nitrogens with zero attached hydrogens (tertiary/aromatic N) is 3. The summed E-state index contributed by atoms with van der Waals surface area (Å²) in [7, 11) is 0. The Morgan fingerprint density at radius 1 is 1.07 bits per heavy atom. The van der Waals surface area contributed by atoms with Gasteiger partial charge in [0.05, 0.1) is 0 Å². The van der Waals surface area contributed by atoms with Crippen LogP contribution in [0.15, 0.2) is 55.2 Å². The molecular formula is C12H9N3. The van der Waals surface area contributed by atoms with Crippen LogP contribution in [-0.2, 0) is 0 Å². The van der Waals surface area contributed by atoms with Gasteiger partial charge >= 0.3 is 0 Å². The Labute approximate surface area is 87.0 Å². The van der Waals surface area contributed by atoms with Gasteiger partial charge in [-0.05, 0) is 5.56 Å². The molecule has 0 unspecified atom stereocenters. The van der Waals surface area contributed by atoms with E-state index in [1.54, 1.807) is 12.5 Å². The van der Waals surface area contributed by atoms with E-state index in [-0.39, 0.29) is 0 Å². The zero-order chi connectivity index (χ0) is 10.1. The van der Waals surface area contributed by atoms with Gasteiger partial charge in [-0.15, -0.1) is 0 Å². The lowest BCUT2D eigenvalue weighted by molar-refractivity contribution is 1.09. The van der Waals surface area contributed by atoms with Crippen molar-refractivity contribution in [3.8, 4) is 11.1 Å². The van der Waals surface area contributed by atoms with E-state index in [2.05, 4.69) is 22.1 Å². The minimum absolute atomic E-state index is 0.941. The molecule has 0 spiro atoms. The summed E-state index contributed by atoms with van der Waals surface area (Å²) in [5, 5.41) is 0. The average Bonchev–Trinajstić information content (AvgIpc) is 2.78. The highest BCUT2D eigenvalue weighted by Crippen LogP contribution is 2.21. The van der Waals surface area contributed by atoms with Crippen molar-refractivity contribution < 1.29 is 0 Å². The fraction of sp³-hybridized carbons (Fsp3) is 0. The van der Waals surface area contributed by atoms with Crippen molar-refractivity contribution in [1.82, 2.24) is 14.4 Å². The summed E-state index contributed by atoms with van der Waals surface area (Å²) in [6.07, 6.45) is 7.28. The third-order valence-electron chi connectivity index (χ3n) is 2.39. The van der Waals surface area contributed by atoms with E-state index in [1.165, 1.54) is 0 Å². The monoisotopic (exact) mass is 195 g/mol. The topological polar surface area (TPSA) is 30.2 Å². The normalized spacial score (nSPS) is 10.7. The van der Waals surface area contributed by atoms with Crippen LogP contribution >= 0.6 is 0 Å². The van der Waals surface area contributed by atoms with Crippen LogP contribution in [0.3, 0.4) is 0 Å². The van der Waals surface area contributed by atoms with E-state index in [0.29, 0.717) is 0 Å². The first-order valence-corrected chi connectivity index (χ1v) is 4.77. The van der Waals surface area contributed by atoms with Crippen LogP contribution in [0.25, 0.3) is 16.8 Å². The first-order valence-electron chi connectivity index (χ1n) is 4.77. The largest absolute Gasteiger partial charge is 0.290 e. The fourth-order valence-electron chi connectivity index (χ4n) is 1.67. The maximum absolute atomic E-state index is 4.32. The number of imidazole rings is 1. The van der Waals surface area contributed by atoms with Crippen LogP contribution in [0.2, 0.25) is 0 Å². The molecule has 72 valence electrons. The maximum atomic E-state index is 4.32. The molecule has 0 radical (unpaired) electrons. The summed E-state index contributed by atoms with van der Waals surface area (Å²) in [4.78, 5) is 8.50. The quantitative estimate of drug-likeness (QED) is 0.596. The lowest BCUT2D eigenvalue weighted by atomic mass is 10.1. The van der Waals surface area contributed by atoms with Crippen molar-refractivity contribution in [2.45, 2.75) is 0 Å². The van der Waals surface area contributed by atoms with E-state index in [1.807, 2.05) is 35.0 Å². The number of hydrogen-bond acceptors (Lipinski definition) is 2. The highest BCUT2D eigenvalue weighted by atomic mass is 15.0. The molecular weight excluding hydrogens is 186 g/mol. The zero-order valence-corrected chi connectivity index (χ0v) is 8.04. The summed E-state index contributed by atoms with van der Waals surface area (Å²) < 4.78 is 1.92. The van der Waals surface area contributed by atoms with Crippen LogP contribution in [0.1, 0.15) is 0 Å². The fourth-order valence-corrected chi connectivity index (χ4v) is 1.67. The predicted octanol–water partition coefficient (Wildman–Crippen LogP) is 2.40. The molecule has 0 bridgehead atoms. The van der Waals surface area contributed by atoms with Crippen molar-refractivity contribution in [1.29, 1.82) is 0 Å². The standard InChI is InChI=1S/C12H9N3/c1-2-4-10(5-3-1)11-8-13-9-15-7-6-14-12(11)15/h1-9H. The third kappa shape index (κ3) is 1.29. The minimum Gasteiger partial charge on any atom is -0.290 e. The van der Waals surface area contributed by atoms with Gasteiger partial charge in [0.25, 0.3) is 0 Å². The average molecular weight is 195 g/mol. The summed E-state index contributed by atoms with van der Waals surface area (Å²) in [5.74, 6) is 0. The van der Waals surface area contributed by atoms with E-state index in [9.17, 15) is 0 Å². The van der Waals surface area contributed by atoms with Gasteiger partial charge in [-0.3, -0.25) is 4.40 Å². The second-order valence-electron chi connectivity index (χ2n) is 3.33.